The Bertz CT molecular complexity index is 748. The van der Waals surface area contributed by atoms with E-state index < -0.39 is 0 Å². The summed E-state index contributed by atoms with van der Waals surface area (Å²) in [6.45, 7) is 10.2. The molecule has 0 heterocycles. The second kappa shape index (κ2) is 15.8. The van der Waals surface area contributed by atoms with Crippen LogP contribution >= 0.6 is 0 Å². The Morgan fingerprint density at radius 2 is 0.743 bits per heavy atom. The number of phenolic OH excluding ortho intramolecular Hbond substituents is 2. The van der Waals surface area contributed by atoms with Gasteiger partial charge in [0.05, 0.1) is 26.4 Å². The maximum atomic E-state index is 10.3. The molecule has 196 valence electrons. The average molecular weight is 491 g/mol. The molecule has 0 fully saturated rings. The molecular formula is C28H42O7. The average Bonchev–Trinajstić information content (AvgIpc) is 2.83. The fourth-order valence-corrected chi connectivity index (χ4v) is 3.16. The number of hydrogen-bond acceptors (Lipinski definition) is 7. The zero-order chi connectivity index (χ0) is 25.5. The third-order valence-electron chi connectivity index (χ3n) is 5.24. The molecule has 7 nitrogen and oxygen atoms in total. The topological polar surface area (TPSA) is 86.6 Å². The largest absolute Gasteiger partial charge is 0.508 e. The summed E-state index contributed by atoms with van der Waals surface area (Å²) < 4.78 is 30.3. The number of rotatable bonds is 18. The first kappa shape index (κ1) is 28.3. The Morgan fingerprint density at radius 1 is 0.486 bits per heavy atom. The van der Waals surface area contributed by atoms with Crippen molar-refractivity contribution in [1.82, 2.24) is 0 Å². The number of hydrogen-bond donors (Lipinski definition) is 2. The predicted molar refractivity (Wildman–Crippen MR) is 138 cm³/mol. The van der Waals surface area contributed by atoms with E-state index in [-0.39, 0.29) is 11.5 Å². The Balaban J connectivity index is 2.53. The second-order valence-corrected chi connectivity index (χ2v) is 8.45. The molecule has 35 heavy (non-hydrogen) atoms. The minimum absolute atomic E-state index is 0.0277. The van der Waals surface area contributed by atoms with E-state index in [9.17, 15) is 10.2 Å². The predicted octanol–water partition coefficient (Wildman–Crippen LogP) is 7.61. The van der Waals surface area contributed by atoms with Crippen LogP contribution in [0.5, 0.6) is 46.0 Å². The van der Waals surface area contributed by atoms with E-state index in [0.717, 1.165) is 51.4 Å². The van der Waals surface area contributed by atoms with Crippen LogP contribution < -0.4 is 23.7 Å². The third-order valence-corrected chi connectivity index (χ3v) is 5.24. The van der Waals surface area contributed by atoms with Crippen molar-refractivity contribution >= 4 is 0 Å². The maximum Gasteiger partial charge on any atom is 0.211 e. The third kappa shape index (κ3) is 9.30. The summed E-state index contributed by atoms with van der Waals surface area (Å²) in [6.07, 6.45) is 7.31. The first-order valence-electron chi connectivity index (χ1n) is 13.0. The van der Waals surface area contributed by atoms with Crippen molar-refractivity contribution < 1.29 is 33.9 Å². The molecule has 0 radical (unpaired) electrons. The van der Waals surface area contributed by atoms with Crippen LogP contribution in [0.2, 0.25) is 0 Å². The van der Waals surface area contributed by atoms with Gasteiger partial charge in [-0.25, -0.2) is 0 Å². The molecule has 0 unspecified atom stereocenters. The fourth-order valence-electron chi connectivity index (χ4n) is 3.16. The zero-order valence-electron chi connectivity index (χ0n) is 21.7. The molecule has 0 spiro atoms. The molecular weight excluding hydrogens is 448 g/mol. The van der Waals surface area contributed by atoms with Gasteiger partial charge in [-0.05, 0) is 25.7 Å². The molecule has 2 aromatic rings. The minimum atomic E-state index is 0.0277. The van der Waals surface area contributed by atoms with E-state index in [2.05, 4.69) is 27.7 Å². The number of phenols is 2. The van der Waals surface area contributed by atoms with Gasteiger partial charge in [-0.1, -0.05) is 53.4 Å². The van der Waals surface area contributed by atoms with Gasteiger partial charge in [0.15, 0.2) is 23.0 Å². The van der Waals surface area contributed by atoms with Crippen LogP contribution in [-0.4, -0.2) is 36.6 Å². The summed E-state index contributed by atoms with van der Waals surface area (Å²) >= 11 is 0. The molecule has 0 atom stereocenters. The van der Waals surface area contributed by atoms with Crippen LogP contribution in [0.15, 0.2) is 24.3 Å². The van der Waals surface area contributed by atoms with Gasteiger partial charge < -0.3 is 33.9 Å². The first-order valence-corrected chi connectivity index (χ1v) is 13.0. The van der Waals surface area contributed by atoms with E-state index in [0.29, 0.717) is 60.9 Å². The van der Waals surface area contributed by atoms with Crippen LogP contribution in [0.25, 0.3) is 0 Å². The van der Waals surface area contributed by atoms with Gasteiger partial charge in [-0.2, -0.15) is 0 Å². The molecule has 2 aromatic carbocycles. The highest BCUT2D eigenvalue weighted by molar-refractivity contribution is 5.62. The molecule has 0 bridgehead atoms. The lowest BCUT2D eigenvalue weighted by molar-refractivity contribution is 0.248. The highest BCUT2D eigenvalue weighted by Gasteiger charge is 2.23. The second-order valence-electron chi connectivity index (χ2n) is 8.45. The SMILES string of the molecule is CCCCOc1cc(O)cc(OCCCC)c1Oc1c(OCCCC)cc(O)cc1OCCCC. The van der Waals surface area contributed by atoms with Crippen molar-refractivity contribution in [2.75, 3.05) is 26.4 Å². The van der Waals surface area contributed by atoms with Crippen LogP contribution in [0.1, 0.15) is 79.1 Å². The molecule has 0 saturated carbocycles. The van der Waals surface area contributed by atoms with E-state index in [1.165, 1.54) is 24.3 Å². The van der Waals surface area contributed by atoms with Gasteiger partial charge in [0.25, 0.3) is 0 Å². The van der Waals surface area contributed by atoms with Gasteiger partial charge in [-0.3, -0.25) is 0 Å². The standard InChI is InChI=1S/C28H42O7/c1-5-9-13-31-23-17-21(29)18-24(32-14-10-6-2)27(23)35-28-25(33-15-11-7-3)19-22(30)20-26(28)34-16-12-8-4/h17-20,29-30H,5-16H2,1-4H3. The van der Waals surface area contributed by atoms with Crippen molar-refractivity contribution in [3.8, 4) is 46.0 Å². The normalized spacial score (nSPS) is 10.7. The number of unbranched alkanes of at least 4 members (excludes halogenated alkanes) is 4. The lowest BCUT2D eigenvalue weighted by Gasteiger charge is -2.21. The highest BCUT2D eigenvalue weighted by Crippen LogP contribution is 2.49. The number of benzene rings is 2. The Labute approximate surface area is 209 Å². The quantitative estimate of drug-likeness (QED) is 0.208. The molecule has 0 aromatic heterocycles. The first-order chi connectivity index (χ1) is 17.0. The zero-order valence-corrected chi connectivity index (χ0v) is 21.7. The molecule has 7 heteroatoms. The van der Waals surface area contributed by atoms with E-state index >= 15 is 0 Å². The van der Waals surface area contributed by atoms with Crippen LogP contribution in [0.4, 0.5) is 0 Å². The van der Waals surface area contributed by atoms with Gasteiger partial charge in [0.1, 0.15) is 11.5 Å². The van der Waals surface area contributed by atoms with Crippen molar-refractivity contribution in [1.29, 1.82) is 0 Å². The van der Waals surface area contributed by atoms with Gasteiger partial charge in [0.2, 0.25) is 11.5 Å². The minimum Gasteiger partial charge on any atom is -0.508 e. The lowest BCUT2D eigenvalue weighted by atomic mass is 10.2. The van der Waals surface area contributed by atoms with Gasteiger partial charge in [0, 0.05) is 24.3 Å². The summed E-state index contributed by atoms with van der Waals surface area (Å²) in [5.41, 5.74) is 0. The van der Waals surface area contributed by atoms with Crippen molar-refractivity contribution in [2.24, 2.45) is 0 Å². The van der Waals surface area contributed by atoms with Crippen molar-refractivity contribution in [3.63, 3.8) is 0 Å². The number of ether oxygens (including phenoxy) is 5. The molecule has 0 aliphatic heterocycles. The molecule has 0 aliphatic rings. The summed E-state index contributed by atoms with van der Waals surface area (Å²) in [6, 6.07) is 6.08. The fraction of sp³-hybridized carbons (Fsp3) is 0.571. The smallest absolute Gasteiger partial charge is 0.211 e. The summed E-state index contributed by atoms with van der Waals surface area (Å²) in [5.74, 6) is 2.21. The maximum absolute atomic E-state index is 10.3. The summed E-state index contributed by atoms with van der Waals surface area (Å²) in [7, 11) is 0. The molecule has 0 amide bonds. The molecule has 2 rings (SSSR count). The molecule has 0 saturated heterocycles. The van der Waals surface area contributed by atoms with E-state index in [1.54, 1.807) is 0 Å². The number of aromatic hydroxyl groups is 2. The summed E-state index contributed by atoms with van der Waals surface area (Å²) in [4.78, 5) is 0. The Hall–Kier alpha value is -2.96. The van der Waals surface area contributed by atoms with Crippen molar-refractivity contribution in [2.45, 2.75) is 79.1 Å². The lowest BCUT2D eigenvalue weighted by Crippen LogP contribution is -2.06. The summed E-state index contributed by atoms with van der Waals surface area (Å²) in [5, 5.41) is 20.7. The van der Waals surface area contributed by atoms with E-state index in [4.69, 9.17) is 23.7 Å². The highest BCUT2D eigenvalue weighted by atomic mass is 16.6. The van der Waals surface area contributed by atoms with Gasteiger partial charge >= 0.3 is 0 Å². The van der Waals surface area contributed by atoms with Crippen LogP contribution in [0, 0.1) is 0 Å². The van der Waals surface area contributed by atoms with Crippen molar-refractivity contribution in [3.05, 3.63) is 24.3 Å². The van der Waals surface area contributed by atoms with Gasteiger partial charge in [-0.15, -0.1) is 0 Å². The van der Waals surface area contributed by atoms with Crippen LogP contribution in [0.3, 0.4) is 0 Å². The molecule has 2 N–H and O–H groups in total. The monoisotopic (exact) mass is 490 g/mol. The van der Waals surface area contributed by atoms with E-state index in [1.807, 2.05) is 0 Å². The Morgan fingerprint density at radius 3 is 0.971 bits per heavy atom. The Kier molecular flexibility index (Phi) is 12.8. The molecule has 0 aliphatic carbocycles. The van der Waals surface area contributed by atoms with Crippen LogP contribution in [-0.2, 0) is 0 Å².